The highest BCUT2D eigenvalue weighted by molar-refractivity contribution is 7.09. The van der Waals surface area contributed by atoms with E-state index in [4.69, 9.17) is 4.74 Å². The third-order valence-corrected chi connectivity index (χ3v) is 5.64. The molecule has 0 spiro atoms. The van der Waals surface area contributed by atoms with Gasteiger partial charge in [0.25, 0.3) is 0 Å². The molecule has 1 aromatic heterocycles. The van der Waals surface area contributed by atoms with E-state index in [1.54, 1.807) is 18.4 Å². The maximum Gasteiger partial charge on any atom is 0.234 e. The normalized spacial score (nSPS) is 17.0. The number of nitrogens with one attached hydrogen (secondary N) is 1. The van der Waals surface area contributed by atoms with Gasteiger partial charge < -0.3 is 10.1 Å². The van der Waals surface area contributed by atoms with Gasteiger partial charge in [0, 0.05) is 43.2 Å². The molecule has 0 radical (unpaired) electrons. The number of methoxy groups -OCH3 is 1. The number of amides is 1. The van der Waals surface area contributed by atoms with Crippen molar-refractivity contribution < 1.29 is 9.53 Å². The van der Waals surface area contributed by atoms with Crippen LogP contribution in [0.1, 0.15) is 23.4 Å². The zero-order chi connectivity index (χ0) is 18.4. The first-order chi connectivity index (χ1) is 12.7. The smallest absolute Gasteiger partial charge is 0.234 e. The van der Waals surface area contributed by atoms with Crippen LogP contribution in [0.5, 0.6) is 5.75 Å². The van der Waals surface area contributed by atoms with Crippen LogP contribution < -0.4 is 10.1 Å². The van der Waals surface area contributed by atoms with Gasteiger partial charge in [-0.05, 0) is 24.4 Å². The molecule has 0 saturated carbocycles. The summed E-state index contributed by atoms with van der Waals surface area (Å²) in [7, 11) is 1.66. The molecule has 1 atom stereocenters. The van der Waals surface area contributed by atoms with Gasteiger partial charge >= 0.3 is 0 Å². The van der Waals surface area contributed by atoms with Crippen LogP contribution in [-0.2, 0) is 11.3 Å². The van der Waals surface area contributed by atoms with Crippen molar-refractivity contribution in [3.8, 4) is 5.75 Å². The molecule has 1 amide bonds. The summed E-state index contributed by atoms with van der Waals surface area (Å²) in [6.07, 6.45) is 0. The molecule has 26 heavy (non-hydrogen) atoms. The first-order valence-electron chi connectivity index (χ1n) is 9.05. The Morgan fingerprint density at radius 1 is 1.15 bits per heavy atom. The molecule has 1 aliphatic heterocycles. The Morgan fingerprint density at radius 2 is 1.88 bits per heavy atom. The largest absolute Gasteiger partial charge is 0.496 e. The summed E-state index contributed by atoms with van der Waals surface area (Å²) in [5, 5.41) is 5.22. The summed E-state index contributed by atoms with van der Waals surface area (Å²) in [4.78, 5) is 18.5. The molecule has 1 unspecified atom stereocenters. The molecule has 3 rings (SSSR count). The fourth-order valence-corrected chi connectivity index (χ4v) is 4.07. The highest BCUT2D eigenvalue weighted by Crippen LogP contribution is 2.24. The van der Waals surface area contributed by atoms with Crippen molar-refractivity contribution >= 4 is 17.2 Å². The number of thiophene rings is 1. The minimum Gasteiger partial charge on any atom is -0.496 e. The number of para-hydroxylation sites is 1. The third-order valence-electron chi connectivity index (χ3n) is 4.77. The zero-order valence-electron chi connectivity index (χ0n) is 15.5. The van der Waals surface area contributed by atoms with E-state index >= 15 is 0 Å². The standard InChI is InChI=1S/C20H27N3O2S/c1-16(18-7-3-4-8-19(18)25-2)21-20(24)15-23-11-9-22(10-12-23)14-17-6-5-13-26-17/h3-8,13,16H,9-12,14-15H2,1-2H3,(H,21,24). The lowest BCUT2D eigenvalue weighted by molar-refractivity contribution is -0.123. The summed E-state index contributed by atoms with van der Waals surface area (Å²) in [6.45, 7) is 7.34. The predicted molar refractivity (Wildman–Crippen MR) is 106 cm³/mol. The van der Waals surface area contributed by atoms with Gasteiger partial charge in [0.1, 0.15) is 5.75 Å². The van der Waals surface area contributed by atoms with Gasteiger partial charge in [0.15, 0.2) is 0 Å². The summed E-state index contributed by atoms with van der Waals surface area (Å²) in [5.41, 5.74) is 1.00. The van der Waals surface area contributed by atoms with Gasteiger partial charge in [0.05, 0.1) is 19.7 Å². The topological polar surface area (TPSA) is 44.8 Å². The van der Waals surface area contributed by atoms with E-state index in [1.807, 2.05) is 31.2 Å². The van der Waals surface area contributed by atoms with E-state index in [0.29, 0.717) is 6.54 Å². The van der Waals surface area contributed by atoms with E-state index in [2.05, 4.69) is 32.6 Å². The maximum atomic E-state index is 12.4. The third kappa shape index (κ3) is 5.06. The molecule has 1 N–H and O–H groups in total. The summed E-state index contributed by atoms with van der Waals surface area (Å²) in [5.74, 6) is 0.873. The Morgan fingerprint density at radius 3 is 2.58 bits per heavy atom. The van der Waals surface area contributed by atoms with Gasteiger partial charge in [-0.3, -0.25) is 14.6 Å². The number of ether oxygens (including phenoxy) is 1. The summed E-state index contributed by atoms with van der Waals surface area (Å²) < 4.78 is 5.39. The molecule has 0 bridgehead atoms. The lowest BCUT2D eigenvalue weighted by atomic mass is 10.1. The molecule has 140 valence electrons. The SMILES string of the molecule is COc1ccccc1C(C)NC(=O)CN1CCN(Cc2cccs2)CC1. The molecule has 2 aromatic rings. The van der Waals surface area contributed by atoms with Gasteiger partial charge in [-0.15, -0.1) is 11.3 Å². The van der Waals surface area contributed by atoms with Crippen LogP contribution in [0.2, 0.25) is 0 Å². The van der Waals surface area contributed by atoms with Crippen LogP contribution >= 0.6 is 11.3 Å². The predicted octanol–water partition coefficient (Wildman–Crippen LogP) is 2.75. The lowest BCUT2D eigenvalue weighted by Gasteiger charge is -2.34. The Labute approximate surface area is 159 Å². The van der Waals surface area contributed by atoms with Gasteiger partial charge in [-0.25, -0.2) is 0 Å². The fraction of sp³-hybridized carbons (Fsp3) is 0.450. The summed E-state index contributed by atoms with van der Waals surface area (Å²) >= 11 is 1.81. The molecule has 0 aliphatic carbocycles. The Balaban J connectivity index is 1.44. The van der Waals surface area contributed by atoms with Gasteiger partial charge in [-0.1, -0.05) is 24.3 Å². The average molecular weight is 374 g/mol. The summed E-state index contributed by atoms with van der Waals surface area (Å²) in [6, 6.07) is 12.0. The molecule has 6 heteroatoms. The molecule has 1 saturated heterocycles. The number of piperazine rings is 1. The number of carbonyl (C=O) groups is 1. The lowest BCUT2D eigenvalue weighted by Crippen LogP contribution is -2.49. The van der Waals surface area contributed by atoms with Gasteiger partial charge in [0.2, 0.25) is 5.91 Å². The minimum atomic E-state index is -0.0706. The van der Waals surface area contributed by atoms with Crippen LogP contribution in [0, 0.1) is 0 Å². The molecule has 1 fully saturated rings. The Kier molecular flexibility index (Phi) is 6.66. The van der Waals surface area contributed by atoms with E-state index in [-0.39, 0.29) is 11.9 Å². The molecule has 2 heterocycles. The molecular formula is C20H27N3O2S. The average Bonchev–Trinajstić information content (AvgIpc) is 3.16. The number of benzene rings is 1. The van der Waals surface area contributed by atoms with E-state index in [0.717, 1.165) is 44.0 Å². The first kappa shape index (κ1) is 18.9. The minimum absolute atomic E-state index is 0.0649. The molecule has 1 aliphatic rings. The quantitative estimate of drug-likeness (QED) is 0.811. The van der Waals surface area contributed by atoms with E-state index < -0.39 is 0 Å². The van der Waals surface area contributed by atoms with Crippen molar-refractivity contribution in [2.24, 2.45) is 0 Å². The van der Waals surface area contributed by atoms with Crippen molar-refractivity contribution in [1.82, 2.24) is 15.1 Å². The fourth-order valence-electron chi connectivity index (χ4n) is 3.32. The Bertz CT molecular complexity index is 697. The number of carbonyl (C=O) groups excluding carboxylic acids is 1. The van der Waals surface area contributed by atoms with Crippen molar-refractivity contribution in [1.29, 1.82) is 0 Å². The number of hydrogen-bond donors (Lipinski definition) is 1. The van der Waals surface area contributed by atoms with E-state index in [9.17, 15) is 4.79 Å². The number of hydrogen-bond acceptors (Lipinski definition) is 5. The second-order valence-electron chi connectivity index (χ2n) is 6.66. The number of rotatable bonds is 7. The van der Waals surface area contributed by atoms with Crippen LogP contribution in [0.3, 0.4) is 0 Å². The first-order valence-corrected chi connectivity index (χ1v) is 9.93. The molecule has 1 aromatic carbocycles. The van der Waals surface area contributed by atoms with Crippen LogP contribution in [0.15, 0.2) is 41.8 Å². The molecule has 5 nitrogen and oxygen atoms in total. The molecular weight excluding hydrogens is 346 g/mol. The van der Waals surface area contributed by atoms with Crippen molar-refractivity contribution in [3.63, 3.8) is 0 Å². The van der Waals surface area contributed by atoms with Crippen molar-refractivity contribution in [2.75, 3.05) is 39.8 Å². The number of nitrogens with zero attached hydrogens (tertiary/aromatic N) is 2. The Hall–Kier alpha value is -1.89. The van der Waals surface area contributed by atoms with Crippen molar-refractivity contribution in [2.45, 2.75) is 19.5 Å². The second-order valence-corrected chi connectivity index (χ2v) is 7.70. The monoisotopic (exact) mass is 373 g/mol. The maximum absolute atomic E-state index is 12.4. The van der Waals surface area contributed by atoms with Crippen LogP contribution in [0.4, 0.5) is 0 Å². The highest BCUT2D eigenvalue weighted by atomic mass is 32.1. The van der Waals surface area contributed by atoms with Crippen LogP contribution in [0.25, 0.3) is 0 Å². The van der Waals surface area contributed by atoms with Gasteiger partial charge in [-0.2, -0.15) is 0 Å². The highest BCUT2D eigenvalue weighted by Gasteiger charge is 2.20. The van der Waals surface area contributed by atoms with Crippen LogP contribution in [-0.4, -0.2) is 55.5 Å². The van der Waals surface area contributed by atoms with E-state index in [1.165, 1.54) is 4.88 Å². The van der Waals surface area contributed by atoms with Crippen molar-refractivity contribution in [3.05, 3.63) is 52.2 Å². The zero-order valence-corrected chi connectivity index (χ0v) is 16.3. The second kappa shape index (κ2) is 9.16.